The zero-order valence-corrected chi connectivity index (χ0v) is 9.02. The van der Waals surface area contributed by atoms with Gasteiger partial charge in [0.15, 0.2) is 0 Å². The van der Waals surface area contributed by atoms with Gasteiger partial charge >= 0.3 is 12.1 Å². The van der Waals surface area contributed by atoms with Crippen LogP contribution in [0.1, 0.15) is 26.7 Å². The van der Waals surface area contributed by atoms with E-state index < -0.39 is 17.7 Å². The molecule has 0 aliphatic heterocycles. The summed E-state index contributed by atoms with van der Waals surface area (Å²) in [7, 11) is 1.25. The molecule has 0 aliphatic carbocycles. The first-order valence-electron chi connectivity index (χ1n) is 4.59. The minimum absolute atomic E-state index is 0.138. The van der Waals surface area contributed by atoms with Gasteiger partial charge in [-0.05, 0) is 19.3 Å². The van der Waals surface area contributed by atoms with Crippen molar-refractivity contribution in [1.82, 2.24) is 0 Å². The summed E-state index contributed by atoms with van der Waals surface area (Å²) < 4.78 is 40.7. The standard InChI is InChI=1S/C10H15F3O2/c1-7(4-5-9(14)15-3)6-8(2)10(11,12)13/h6-7H,4-5H2,1-3H3. The van der Waals surface area contributed by atoms with Gasteiger partial charge < -0.3 is 4.74 Å². The Morgan fingerprint density at radius 2 is 2.00 bits per heavy atom. The van der Waals surface area contributed by atoms with E-state index in [1.54, 1.807) is 6.92 Å². The lowest BCUT2D eigenvalue weighted by Gasteiger charge is -2.10. The number of halogens is 3. The second kappa shape index (κ2) is 5.78. The van der Waals surface area contributed by atoms with E-state index in [1.807, 2.05) is 0 Å². The van der Waals surface area contributed by atoms with E-state index in [-0.39, 0.29) is 12.3 Å². The third-order valence-corrected chi connectivity index (χ3v) is 2.01. The molecule has 15 heavy (non-hydrogen) atoms. The number of carbonyl (C=O) groups is 1. The predicted octanol–water partition coefficient (Wildman–Crippen LogP) is 3.08. The van der Waals surface area contributed by atoms with Crippen molar-refractivity contribution in [3.63, 3.8) is 0 Å². The van der Waals surface area contributed by atoms with Crippen LogP contribution in [0.2, 0.25) is 0 Å². The van der Waals surface area contributed by atoms with Crippen LogP contribution in [0.4, 0.5) is 13.2 Å². The Kier molecular flexibility index (Phi) is 5.39. The third-order valence-electron chi connectivity index (χ3n) is 2.01. The molecule has 1 unspecified atom stereocenters. The zero-order chi connectivity index (χ0) is 12.1. The molecule has 0 bridgehead atoms. The molecular weight excluding hydrogens is 209 g/mol. The number of alkyl halides is 3. The topological polar surface area (TPSA) is 26.3 Å². The zero-order valence-electron chi connectivity index (χ0n) is 9.02. The average Bonchev–Trinajstić information content (AvgIpc) is 2.12. The van der Waals surface area contributed by atoms with Gasteiger partial charge in [0.1, 0.15) is 0 Å². The highest BCUT2D eigenvalue weighted by atomic mass is 19.4. The molecular formula is C10H15F3O2. The lowest BCUT2D eigenvalue weighted by Crippen LogP contribution is -2.11. The summed E-state index contributed by atoms with van der Waals surface area (Å²) in [5, 5.41) is 0. The summed E-state index contributed by atoms with van der Waals surface area (Å²) in [4.78, 5) is 10.7. The first kappa shape index (κ1) is 14.0. The van der Waals surface area contributed by atoms with Crippen molar-refractivity contribution in [2.45, 2.75) is 32.9 Å². The van der Waals surface area contributed by atoms with Crippen LogP contribution in [0.5, 0.6) is 0 Å². The van der Waals surface area contributed by atoms with Crippen LogP contribution in [0.3, 0.4) is 0 Å². The highest BCUT2D eigenvalue weighted by Crippen LogP contribution is 2.26. The van der Waals surface area contributed by atoms with Crippen molar-refractivity contribution in [2.75, 3.05) is 7.11 Å². The number of hydrogen-bond acceptors (Lipinski definition) is 2. The molecule has 2 nitrogen and oxygen atoms in total. The van der Waals surface area contributed by atoms with Crippen LogP contribution in [0.25, 0.3) is 0 Å². The monoisotopic (exact) mass is 224 g/mol. The summed E-state index contributed by atoms with van der Waals surface area (Å²) in [6, 6.07) is 0. The van der Waals surface area contributed by atoms with Crippen LogP contribution in [0, 0.1) is 5.92 Å². The number of carbonyl (C=O) groups excluding carboxylic acids is 1. The Hall–Kier alpha value is -1.00. The Bertz CT molecular complexity index is 244. The maximum atomic E-state index is 12.1. The highest BCUT2D eigenvalue weighted by Gasteiger charge is 2.30. The number of ether oxygens (including phenoxy) is 1. The predicted molar refractivity (Wildman–Crippen MR) is 50.2 cm³/mol. The fourth-order valence-corrected chi connectivity index (χ4v) is 1.05. The minimum Gasteiger partial charge on any atom is -0.469 e. The van der Waals surface area contributed by atoms with Gasteiger partial charge in [-0.1, -0.05) is 13.0 Å². The van der Waals surface area contributed by atoms with Crippen molar-refractivity contribution in [1.29, 1.82) is 0 Å². The Morgan fingerprint density at radius 3 is 2.40 bits per heavy atom. The third kappa shape index (κ3) is 6.14. The summed E-state index contributed by atoms with van der Waals surface area (Å²) >= 11 is 0. The Morgan fingerprint density at radius 1 is 1.47 bits per heavy atom. The first-order chi connectivity index (χ1) is 6.77. The lowest BCUT2D eigenvalue weighted by atomic mass is 10.0. The van der Waals surface area contributed by atoms with Crippen LogP contribution in [-0.2, 0) is 9.53 Å². The molecule has 0 saturated carbocycles. The molecule has 0 aromatic heterocycles. The molecule has 5 heteroatoms. The molecule has 0 radical (unpaired) electrons. The summed E-state index contributed by atoms with van der Waals surface area (Å²) in [5.74, 6) is -0.689. The molecule has 0 amide bonds. The Balaban J connectivity index is 4.13. The van der Waals surface area contributed by atoms with Gasteiger partial charge in [0.2, 0.25) is 0 Å². The summed E-state index contributed by atoms with van der Waals surface area (Å²) in [6.45, 7) is 2.66. The average molecular weight is 224 g/mol. The smallest absolute Gasteiger partial charge is 0.412 e. The number of allylic oxidation sites excluding steroid dienone is 2. The van der Waals surface area contributed by atoms with Crippen LogP contribution < -0.4 is 0 Å². The summed E-state index contributed by atoms with van der Waals surface area (Å²) in [6.07, 6.45) is -2.65. The number of methoxy groups -OCH3 is 1. The maximum Gasteiger partial charge on any atom is 0.412 e. The van der Waals surface area contributed by atoms with E-state index in [0.717, 1.165) is 13.0 Å². The number of esters is 1. The number of rotatable bonds is 4. The van der Waals surface area contributed by atoms with Crippen LogP contribution >= 0.6 is 0 Å². The number of hydrogen-bond donors (Lipinski definition) is 0. The molecule has 0 fully saturated rings. The van der Waals surface area contributed by atoms with Gasteiger partial charge in [0.05, 0.1) is 7.11 Å². The molecule has 0 rings (SSSR count). The molecule has 0 aromatic carbocycles. The normalized spacial score (nSPS) is 14.9. The quantitative estimate of drug-likeness (QED) is 0.541. The molecule has 0 aliphatic rings. The van der Waals surface area contributed by atoms with Crippen molar-refractivity contribution in [2.24, 2.45) is 5.92 Å². The van der Waals surface area contributed by atoms with Gasteiger partial charge in [-0.25, -0.2) is 0 Å². The van der Waals surface area contributed by atoms with E-state index in [1.165, 1.54) is 7.11 Å². The van der Waals surface area contributed by atoms with E-state index >= 15 is 0 Å². The lowest BCUT2D eigenvalue weighted by molar-refractivity contribution is -0.140. The molecule has 1 atom stereocenters. The van der Waals surface area contributed by atoms with Gasteiger partial charge in [-0.15, -0.1) is 0 Å². The maximum absolute atomic E-state index is 12.1. The summed E-state index contributed by atoms with van der Waals surface area (Å²) in [5.41, 5.74) is -0.625. The second-order valence-corrected chi connectivity index (χ2v) is 3.44. The molecule has 0 heterocycles. The van der Waals surface area contributed by atoms with Crippen LogP contribution in [0.15, 0.2) is 11.6 Å². The molecule has 0 spiro atoms. The molecule has 88 valence electrons. The van der Waals surface area contributed by atoms with Crippen LogP contribution in [-0.4, -0.2) is 19.3 Å². The fourth-order valence-electron chi connectivity index (χ4n) is 1.05. The highest BCUT2D eigenvalue weighted by molar-refractivity contribution is 5.69. The SMILES string of the molecule is COC(=O)CCC(C)C=C(C)C(F)(F)F. The largest absolute Gasteiger partial charge is 0.469 e. The first-order valence-corrected chi connectivity index (χ1v) is 4.59. The second-order valence-electron chi connectivity index (χ2n) is 3.44. The Labute approximate surface area is 87.1 Å². The minimum atomic E-state index is -4.28. The van der Waals surface area contributed by atoms with Crippen molar-refractivity contribution in [3.05, 3.63) is 11.6 Å². The van der Waals surface area contributed by atoms with Crippen molar-refractivity contribution >= 4 is 5.97 Å². The van der Waals surface area contributed by atoms with E-state index in [4.69, 9.17) is 0 Å². The molecule has 0 N–H and O–H groups in total. The van der Waals surface area contributed by atoms with Gasteiger partial charge in [0, 0.05) is 12.0 Å². The molecule has 0 saturated heterocycles. The fraction of sp³-hybridized carbons (Fsp3) is 0.700. The van der Waals surface area contributed by atoms with E-state index in [9.17, 15) is 18.0 Å². The van der Waals surface area contributed by atoms with Gasteiger partial charge in [-0.2, -0.15) is 13.2 Å². The van der Waals surface area contributed by atoms with Gasteiger partial charge in [0.25, 0.3) is 0 Å². The van der Waals surface area contributed by atoms with E-state index in [0.29, 0.717) is 6.42 Å². The van der Waals surface area contributed by atoms with Crippen molar-refractivity contribution in [3.8, 4) is 0 Å². The van der Waals surface area contributed by atoms with Gasteiger partial charge in [-0.3, -0.25) is 4.79 Å². The van der Waals surface area contributed by atoms with Crippen molar-refractivity contribution < 1.29 is 22.7 Å². The van der Waals surface area contributed by atoms with E-state index in [2.05, 4.69) is 4.74 Å². The molecule has 0 aromatic rings.